The van der Waals surface area contributed by atoms with Gasteiger partial charge in [0, 0.05) is 27.9 Å². The van der Waals surface area contributed by atoms with Crippen LogP contribution in [0.3, 0.4) is 0 Å². The molecule has 4 aromatic rings. The third-order valence-electron chi connectivity index (χ3n) is 4.90. The third-order valence-corrected chi connectivity index (χ3v) is 6.36. The third kappa shape index (κ3) is 5.49. The molecule has 174 valence electrons. The molecule has 2 aromatic carbocycles. The van der Waals surface area contributed by atoms with Crippen molar-refractivity contribution in [2.75, 3.05) is 12.5 Å². The Hall–Kier alpha value is -3.14. The number of hydrogen-bond donors (Lipinski definition) is 0. The van der Waals surface area contributed by atoms with Crippen LogP contribution in [0.5, 0.6) is 5.75 Å². The normalized spacial score (nSPS) is 11.4. The molecule has 0 spiro atoms. The second-order valence-corrected chi connectivity index (χ2v) is 10.3. The SMILES string of the molecule is CSc1ccc(-c2nn(Cc3cccnc3)c(=O)c(OS(C)(=O)=O)c2-c2ccc(Cl)cc2)cc1. The van der Waals surface area contributed by atoms with Gasteiger partial charge >= 0.3 is 15.7 Å². The summed E-state index contributed by atoms with van der Waals surface area (Å²) in [5.74, 6) is -0.326. The molecule has 0 aliphatic carbocycles. The number of thioether (sulfide) groups is 1. The lowest BCUT2D eigenvalue weighted by Gasteiger charge is -2.17. The fourth-order valence-electron chi connectivity index (χ4n) is 3.38. The van der Waals surface area contributed by atoms with E-state index in [2.05, 4.69) is 10.1 Å². The van der Waals surface area contributed by atoms with Gasteiger partial charge in [0.05, 0.1) is 18.4 Å². The van der Waals surface area contributed by atoms with Crippen molar-refractivity contribution in [1.29, 1.82) is 0 Å². The Labute approximate surface area is 206 Å². The van der Waals surface area contributed by atoms with Crippen LogP contribution in [-0.4, -0.2) is 35.7 Å². The van der Waals surface area contributed by atoms with Crippen molar-refractivity contribution in [2.24, 2.45) is 0 Å². The first-order valence-corrected chi connectivity index (χ1v) is 13.5. The Morgan fingerprint density at radius 3 is 2.29 bits per heavy atom. The van der Waals surface area contributed by atoms with Gasteiger partial charge in [0.1, 0.15) is 5.69 Å². The molecule has 0 atom stereocenters. The summed E-state index contributed by atoms with van der Waals surface area (Å²) in [6.45, 7) is 0.0869. The van der Waals surface area contributed by atoms with Crippen molar-refractivity contribution in [3.63, 3.8) is 0 Å². The summed E-state index contributed by atoms with van der Waals surface area (Å²) in [5, 5.41) is 5.14. The minimum Gasteiger partial charge on any atom is -0.376 e. The van der Waals surface area contributed by atoms with Crippen molar-refractivity contribution < 1.29 is 12.6 Å². The van der Waals surface area contributed by atoms with E-state index in [9.17, 15) is 13.2 Å². The molecule has 0 radical (unpaired) electrons. The summed E-state index contributed by atoms with van der Waals surface area (Å²) >= 11 is 7.66. The van der Waals surface area contributed by atoms with Crippen molar-refractivity contribution in [3.8, 4) is 28.1 Å². The van der Waals surface area contributed by atoms with Gasteiger partial charge in [0.15, 0.2) is 0 Å². The zero-order valence-corrected chi connectivity index (χ0v) is 20.7. The minimum atomic E-state index is -4.02. The van der Waals surface area contributed by atoms with Gasteiger partial charge in [-0.25, -0.2) is 4.68 Å². The van der Waals surface area contributed by atoms with Crippen molar-refractivity contribution in [1.82, 2.24) is 14.8 Å². The van der Waals surface area contributed by atoms with E-state index in [4.69, 9.17) is 15.8 Å². The standard InChI is InChI=1S/C24H20ClN3O4S2/c1-33-20-11-7-18(8-12-20)22-21(17-5-9-19(25)10-6-17)23(32-34(2,30)31)24(29)28(27-22)15-16-4-3-13-26-14-16/h3-14H,15H2,1-2H3. The van der Waals surface area contributed by atoms with E-state index in [1.54, 1.807) is 60.6 Å². The van der Waals surface area contributed by atoms with Gasteiger partial charge in [0.25, 0.3) is 0 Å². The molecule has 2 heterocycles. The van der Waals surface area contributed by atoms with E-state index in [1.165, 1.54) is 4.68 Å². The molecule has 0 aliphatic heterocycles. The number of hydrogen-bond acceptors (Lipinski definition) is 7. The predicted octanol–water partition coefficient (Wildman–Crippen LogP) is 4.73. The zero-order valence-electron chi connectivity index (χ0n) is 18.3. The fraction of sp³-hybridized carbons (Fsp3) is 0.125. The first kappa shape index (κ1) is 24.0. The van der Waals surface area contributed by atoms with Gasteiger partial charge in [-0.1, -0.05) is 41.9 Å². The van der Waals surface area contributed by atoms with Crippen LogP contribution in [0.1, 0.15) is 5.56 Å². The van der Waals surface area contributed by atoms with Crippen LogP contribution in [0.4, 0.5) is 0 Å². The zero-order chi connectivity index (χ0) is 24.3. The highest BCUT2D eigenvalue weighted by Gasteiger charge is 2.24. The minimum absolute atomic E-state index is 0.0869. The Morgan fingerprint density at radius 2 is 1.71 bits per heavy atom. The monoisotopic (exact) mass is 513 g/mol. The summed E-state index contributed by atoms with van der Waals surface area (Å²) in [6.07, 6.45) is 6.11. The molecular weight excluding hydrogens is 494 g/mol. The summed E-state index contributed by atoms with van der Waals surface area (Å²) < 4.78 is 30.8. The highest BCUT2D eigenvalue weighted by atomic mass is 35.5. The molecule has 0 aliphatic rings. The molecular formula is C24H20ClN3O4S2. The smallest absolute Gasteiger partial charge is 0.311 e. The molecule has 10 heteroatoms. The fourth-order valence-corrected chi connectivity index (χ4v) is 4.38. The van der Waals surface area contributed by atoms with Gasteiger partial charge in [-0.2, -0.15) is 13.5 Å². The maximum absolute atomic E-state index is 13.5. The molecule has 0 saturated heterocycles. The van der Waals surface area contributed by atoms with Crippen molar-refractivity contribution in [2.45, 2.75) is 11.4 Å². The topological polar surface area (TPSA) is 91.2 Å². The average molecular weight is 514 g/mol. The van der Waals surface area contributed by atoms with Crippen LogP contribution in [0.25, 0.3) is 22.4 Å². The van der Waals surface area contributed by atoms with E-state index in [1.807, 2.05) is 30.5 Å². The molecule has 0 saturated carbocycles. The van der Waals surface area contributed by atoms with E-state index >= 15 is 0 Å². The average Bonchev–Trinajstić information content (AvgIpc) is 2.82. The number of halogens is 1. The lowest BCUT2D eigenvalue weighted by molar-refractivity contribution is 0.481. The lowest BCUT2D eigenvalue weighted by atomic mass is 9.99. The van der Waals surface area contributed by atoms with Gasteiger partial charge in [-0.15, -0.1) is 11.8 Å². The number of benzene rings is 2. The maximum Gasteiger partial charge on any atom is 0.311 e. The van der Waals surface area contributed by atoms with Crippen LogP contribution in [0.2, 0.25) is 5.02 Å². The van der Waals surface area contributed by atoms with Crippen molar-refractivity contribution in [3.05, 3.63) is 94.0 Å². The molecule has 4 rings (SSSR count). The molecule has 0 bridgehead atoms. The van der Waals surface area contributed by atoms with Crippen LogP contribution >= 0.6 is 23.4 Å². The van der Waals surface area contributed by atoms with E-state index in [-0.39, 0.29) is 17.9 Å². The molecule has 0 amide bonds. The second kappa shape index (κ2) is 10.0. The molecule has 0 N–H and O–H groups in total. The largest absolute Gasteiger partial charge is 0.376 e. The highest BCUT2D eigenvalue weighted by molar-refractivity contribution is 7.98. The summed E-state index contributed by atoms with van der Waals surface area (Å²) in [7, 11) is -4.02. The highest BCUT2D eigenvalue weighted by Crippen LogP contribution is 2.37. The number of rotatable bonds is 7. The Bertz CT molecular complexity index is 1470. The number of pyridine rings is 1. The Balaban J connectivity index is 2.03. The maximum atomic E-state index is 13.5. The number of aromatic nitrogens is 3. The van der Waals surface area contributed by atoms with Gasteiger partial charge < -0.3 is 4.18 Å². The molecule has 34 heavy (non-hydrogen) atoms. The lowest BCUT2D eigenvalue weighted by Crippen LogP contribution is -2.28. The summed E-state index contributed by atoms with van der Waals surface area (Å²) in [6, 6.07) is 17.9. The van der Waals surface area contributed by atoms with E-state index in [0.717, 1.165) is 16.7 Å². The van der Waals surface area contributed by atoms with Crippen molar-refractivity contribution >= 4 is 33.5 Å². The molecule has 2 aromatic heterocycles. The van der Waals surface area contributed by atoms with Crippen LogP contribution < -0.4 is 9.74 Å². The quantitative estimate of drug-likeness (QED) is 0.260. The number of nitrogens with zero attached hydrogens (tertiary/aromatic N) is 3. The van der Waals surface area contributed by atoms with Crippen LogP contribution in [0, 0.1) is 0 Å². The van der Waals surface area contributed by atoms with Gasteiger partial charge in [-0.3, -0.25) is 9.78 Å². The summed E-state index contributed by atoms with van der Waals surface area (Å²) in [5.41, 5.74) is 1.96. The Kier molecular flexibility index (Phi) is 7.06. The molecule has 7 nitrogen and oxygen atoms in total. The summed E-state index contributed by atoms with van der Waals surface area (Å²) in [4.78, 5) is 18.6. The van der Waals surface area contributed by atoms with Crippen LogP contribution in [-0.2, 0) is 16.7 Å². The van der Waals surface area contributed by atoms with E-state index < -0.39 is 15.7 Å². The van der Waals surface area contributed by atoms with Gasteiger partial charge in [-0.05, 0) is 47.7 Å². The first-order valence-electron chi connectivity index (χ1n) is 10.1. The van der Waals surface area contributed by atoms with Crippen LogP contribution in [0.15, 0.2) is 82.7 Å². The predicted molar refractivity (Wildman–Crippen MR) is 135 cm³/mol. The van der Waals surface area contributed by atoms with E-state index in [0.29, 0.717) is 21.8 Å². The second-order valence-electron chi connectivity index (χ2n) is 7.40. The first-order chi connectivity index (χ1) is 16.2. The Morgan fingerprint density at radius 1 is 1.03 bits per heavy atom. The molecule has 0 unspecified atom stereocenters. The molecule has 0 fully saturated rings. The van der Waals surface area contributed by atoms with Gasteiger partial charge in [0.2, 0.25) is 5.75 Å².